The molecule has 0 aliphatic heterocycles. The minimum atomic E-state index is 0.928. The average Bonchev–Trinajstić information content (AvgIpc) is 3.95. The Kier molecular flexibility index (Phi) is 9.47. The Balaban J connectivity index is 1.04. The smallest absolute Gasteiger partial charge is 0.0730 e. The van der Waals surface area contributed by atoms with Crippen molar-refractivity contribution in [2.24, 2.45) is 0 Å². The maximum Gasteiger partial charge on any atom is 0.0730 e. The molecule has 0 unspecified atom stereocenters. The highest BCUT2D eigenvalue weighted by molar-refractivity contribution is 6.16. The van der Waals surface area contributed by atoms with Gasteiger partial charge in [-0.25, -0.2) is 9.97 Å². The normalized spacial score (nSPS) is 11.5. The number of hydrogen-bond donors (Lipinski definition) is 0. The minimum absolute atomic E-state index is 0.928. The number of rotatable bonds is 8. The lowest BCUT2D eigenvalue weighted by atomic mass is 9.96. The van der Waals surface area contributed by atoms with Gasteiger partial charge in [0.2, 0.25) is 0 Å². The summed E-state index contributed by atoms with van der Waals surface area (Å²) in [5, 5.41) is 4.81. The summed E-state index contributed by atoms with van der Waals surface area (Å²) >= 11 is 0. The van der Waals surface area contributed by atoms with Crippen LogP contribution in [0.3, 0.4) is 0 Å². The molecule has 0 fully saturated rings. The molecule has 0 saturated heterocycles. The van der Waals surface area contributed by atoms with Gasteiger partial charge in [-0.05, 0) is 53.6 Å². The zero-order valence-electron chi connectivity index (χ0n) is 37.0. The van der Waals surface area contributed by atoms with Crippen LogP contribution in [0.2, 0.25) is 0 Å². The van der Waals surface area contributed by atoms with Crippen LogP contribution in [0, 0.1) is 0 Å². The van der Waals surface area contributed by atoms with Gasteiger partial charge < -0.3 is 9.13 Å². The van der Waals surface area contributed by atoms with Crippen LogP contribution in [0.15, 0.2) is 255 Å². The van der Waals surface area contributed by atoms with E-state index in [1.165, 1.54) is 21.5 Å². The van der Waals surface area contributed by atoms with Crippen LogP contribution < -0.4 is 0 Å². The van der Waals surface area contributed by atoms with Gasteiger partial charge >= 0.3 is 0 Å². The van der Waals surface area contributed by atoms with E-state index in [0.29, 0.717) is 0 Å². The lowest BCUT2D eigenvalue weighted by molar-refractivity contribution is 1.16. The number of para-hydroxylation sites is 4. The van der Waals surface area contributed by atoms with Crippen molar-refractivity contribution in [1.82, 2.24) is 19.1 Å². The summed E-state index contributed by atoms with van der Waals surface area (Å²) < 4.78 is 4.90. The van der Waals surface area contributed by atoms with E-state index in [-0.39, 0.29) is 0 Å². The highest BCUT2D eigenvalue weighted by Crippen LogP contribution is 2.43. The summed E-state index contributed by atoms with van der Waals surface area (Å²) in [6.07, 6.45) is 0. The summed E-state index contributed by atoms with van der Waals surface area (Å²) in [6, 6.07) is 91.1. The second-order valence-corrected chi connectivity index (χ2v) is 17.3. The summed E-state index contributed by atoms with van der Waals surface area (Å²) in [7, 11) is 0. The van der Waals surface area contributed by atoms with E-state index in [1.54, 1.807) is 0 Å². The molecule has 4 heteroatoms. The molecule has 13 aromatic rings. The van der Waals surface area contributed by atoms with Crippen LogP contribution in [0.25, 0.3) is 122 Å². The molecule has 0 amide bonds. The molecule has 0 atom stereocenters. The first kappa shape index (κ1) is 39.3. The Morgan fingerprint density at radius 3 is 0.897 bits per heavy atom. The van der Waals surface area contributed by atoms with Crippen molar-refractivity contribution in [3.8, 4) is 78.7 Å². The van der Waals surface area contributed by atoms with E-state index >= 15 is 0 Å². The van der Waals surface area contributed by atoms with Gasteiger partial charge in [-0.15, -0.1) is 0 Å². The maximum atomic E-state index is 5.26. The number of fused-ring (bicyclic) bond motifs is 6. The van der Waals surface area contributed by atoms with Crippen molar-refractivity contribution in [1.29, 1.82) is 0 Å². The van der Waals surface area contributed by atoms with Crippen LogP contribution in [0.4, 0.5) is 0 Å². The molecule has 0 aliphatic rings. The van der Waals surface area contributed by atoms with E-state index in [2.05, 4.69) is 264 Å². The predicted octanol–water partition coefficient (Wildman–Crippen LogP) is 16.7. The Morgan fingerprint density at radius 2 is 0.529 bits per heavy atom. The van der Waals surface area contributed by atoms with E-state index < -0.39 is 0 Å². The van der Waals surface area contributed by atoms with Crippen molar-refractivity contribution < 1.29 is 0 Å². The van der Waals surface area contributed by atoms with Gasteiger partial charge in [-0.1, -0.05) is 212 Å². The van der Waals surface area contributed by atoms with E-state index in [0.717, 1.165) is 101 Å². The Bertz CT molecular complexity index is 3630. The van der Waals surface area contributed by atoms with Crippen molar-refractivity contribution in [2.75, 3.05) is 0 Å². The fourth-order valence-corrected chi connectivity index (χ4v) is 10.2. The second-order valence-electron chi connectivity index (χ2n) is 17.3. The third-order valence-electron chi connectivity index (χ3n) is 13.3. The summed E-state index contributed by atoms with van der Waals surface area (Å²) in [5.74, 6) is 0. The van der Waals surface area contributed by atoms with E-state index in [9.17, 15) is 0 Å². The predicted molar refractivity (Wildman–Crippen MR) is 283 cm³/mol. The topological polar surface area (TPSA) is 35.6 Å². The van der Waals surface area contributed by atoms with Gasteiger partial charge in [0.15, 0.2) is 0 Å². The zero-order valence-corrected chi connectivity index (χ0v) is 37.0. The van der Waals surface area contributed by atoms with Crippen molar-refractivity contribution in [3.63, 3.8) is 0 Å². The van der Waals surface area contributed by atoms with Crippen molar-refractivity contribution in [3.05, 3.63) is 255 Å². The molecular formula is C64H42N4. The summed E-state index contributed by atoms with van der Waals surface area (Å²) in [4.78, 5) is 10.5. The van der Waals surface area contributed by atoms with Gasteiger partial charge in [0, 0.05) is 54.9 Å². The number of benzene rings is 9. The first-order chi connectivity index (χ1) is 33.7. The monoisotopic (exact) mass is 866 g/mol. The highest BCUT2D eigenvalue weighted by atomic mass is 15.0. The number of nitrogens with zero attached hydrogens (tertiary/aromatic N) is 4. The van der Waals surface area contributed by atoms with Crippen molar-refractivity contribution in [2.45, 2.75) is 0 Å². The number of aromatic nitrogens is 4. The fraction of sp³-hybridized carbons (Fsp3) is 0. The molecule has 0 aliphatic carbocycles. The molecule has 0 saturated carbocycles. The molecule has 0 bridgehead atoms. The van der Waals surface area contributed by atoms with Crippen LogP contribution >= 0.6 is 0 Å². The van der Waals surface area contributed by atoms with Crippen LogP contribution in [-0.2, 0) is 0 Å². The quantitative estimate of drug-likeness (QED) is 0.153. The second kappa shape index (κ2) is 16.4. The largest absolute Gasteiger partial charge is 0.308 e. The first-order valence-corrected chi connectivity index (χ1v) is 23.2. The molecule has 4 heterocycles. The highest BCUT2D eigenvalue weighted by Gasteiger charge is 2.21. The standard InChI is InChI=1S/C64H42N4/c1-5-20-43(21-6-1)57-39-49(40-58(65-57)44-22-7-2-8-23-44)67-61-36-15-13-30-53(61)55-34-18-32-51(63(55)67)47-28-17-29-48(38-47)52-33-19-35-56-54-31-14-16-37-62(54)68(64(52)56)50-41-59(45-24-9-3-10-25-45)66-60(42-50)46-26-11-4-12-27-46/h1-42H. The van der Waals surface area contributed by atoms with E-state index in [1.807, 2.05) is 0 Å². The van der Waals surface area contributed by atoms with E-state index in [4.69, 9.17) is 9.97 Å². The maximum absolute atomic E-state index is 5.26. The number of pyridine rings is 2. The molecule has 68 heavy (non-hydrogen) atoms. The molecule has 0 N–H and O–H groups in total. The Labute approximate surface area is 394 Å². The van der Waals surface area contributed by atoms with Gasteiger partial charge in [0.25, 0.3) is 0 Å². The van der Waals surface area contributed by atoms with Crippen LogP contribution in [-0.4, -0.2) is 19.1 Å². The van der Waals surface area contributed by atoms with Crippen LogP contribution in [0.5, 0.6) is 0 Å². The SMILES string of the molecule is c1ccc(-c2cc(-n3c4ccccc4c4cccc(-c5cccc(-c6cccc7c8ccccc8n(-c8cc(-c9ccccc9)nc(-c9ccccc9)c8)c67)c5)c43)cc(-c3ccccc3)n2)cc1. The van der Waals surface area contributed by atoms with Gasteiger partial charge in [0.05, 0.1) is 56.2 Å². The summed E-state index contributed by atoms with van der Waals surface area (Å²) in [6.45, 7) is 0. The van der Waals surface area contributed by atoms with Gasteiger partial charge in [-0.3, -0.25) is 0 Å². The third-order valence-corrected chi connectivity index (χ3v) is 13.3. The molecule has 0 radical (unpaired) electrons. The van der Waals surface area contributed by atoms with Crippen LogP contribution in [0.1, 0.15) is 0 Å². The molecule has 318 valence electrons. The average molecular weight is 867 g/mol. The van der Waals surface area contributed by atoms with Gasteiger partial charge in [0.1, 0.15) is 0 Å². The fourth-order valence-electron chi connectivity index (χ4n) is 10.2. The molecule has 9 aromatic carbocycles. The van der Waals surface area contributed by atoms with Gasteiger partial charge in [-0.2, -0.15) is 0 Å². The Hall–Kier alpha value is -9.12. The molecule has 4 nitrogen and oxygen atoms in total. The molecule has 13 rings (SSSR count). The van der Waals surface area contributed by atoms with Crippen molar-refractivity contribution >= 4 is 43.6 Å². The molecule has 0 spiro atoms. The number of hydrogen-bond acceptors (Lipinski definition) is 2. The third kappa shape index (κ3) is 6.69. The first-order valence-electron chi connectivity index (χ1n) is 23.2. The molecule has 4 aromatic heterocycles. The summed E-state index contributed by atoms with van der Waals surface area (Å²) in [5.41, 5.74) is 19.3. The zero-order chi connectivity index (χ0) is 45.0. The molecular weight excluding hydrogens is 825 g/mol. The Morgan fingerprint density at radius 1 is 0.235 bits per heavy atom. The minimum Gasteiger partial charge on any atom is -0.308 e. The lowest BCUT2D eigenvalue weighted by Crippen LogP contribution is -2.00. The lowest BCUT2D eigenvalue weighted by Gasteiger charge is -2.16.